The quantitative estimate of drug-likeness (QED) is 0.0314. The van der Waals surface area contributed by atoms with E-state index >= 15 is 0 Å². The highest BCUT2D eigenvalue weighted by Crippen LogP contribution is 2.30. The van der Waals surface area contributed by atoms with Crippen LogP contribution >= 0.6 is 0 Å². The summed E-state index contributed by atoms with van der Waals surface area (Å²) in [7, 11) is 0. The molecule has 2 heterocycles. The van der Waals surface area contributed by atoms with Gasteiger partial charge in [0.05, 0.1) is 36.7 Å². The Hall–Kier alpha value is -6.03. The molecule has 1 aliphatic heterocycles. The van der Waals surface area contributed by atoms with E-state index in [4.69, 9.17) is 18.7 Å². The molecule has 1 fully saturated rings. The Morgan fingerprint density at radius 2 is 1.68 bits per heavy atom. The number of carbonyl (C=O) groups excluding carboxylic acids is 7. The van der Waals surface area contributed by atoms with Crippen molar-refractivity contribution in [1.82, 2.24) is 26.3 Å². The standard InChI is InChI=1S/C44H57N5O11/c1-5-8-10-15-33(36(6-2)49(28-50)60-43(55)31-20-22-45-23-21-31)40(52)46-27-47-42(54)38-19-18-37(59-38)32-16-17-34(39(25-32)57-7-3)41(53)48-35(24-29(4)51)44(56)58-26-30-13-11-9-12-14-30/h9,11-14,16-19,25,28,31,33,35-36,45H,5-8,10,15,20-24,26-27H2,1-4H3,(H,46,52)(H,47,54)(H,48,53)/t33-,35+,36-/m1/s1. The maximum atomic E-state index is 13.6. The lowest BCUT2D eigenvalue weighted by atomic mass is 9.90. The number of unbranched alkanes of at least 4 members (excludes halogenated alkanes) is 2. The summed E-state index contributed by atoms with van der Waals surface area (Å²) in [5, 5.41) is 12.1. The van der Waals surface area contributed by atoms with E-state index in [1.54, 1.807) is 49.4 Å². The summed E-state index contributed by atoms with van der Waals surface area (Å²) in [5.41, 5.74) is 1.32. The number of hydrogen-bond donors (Lipinski definition) is 4. The highest BCUT2D eigenvalue weighted by atomic mass is 16.7. The lowest BCUT2D eigenvalue weighted by molar-refractivity contribution is -0.208. The first-order valence-electron chi connectivity index (χ1n) is 20.6. The second-order valence-corrected chi connectivity index (χ2v) is 14.5. The van der Waals surface area contributed by atoms with Gasteiger partial charge in [0.25, 0.3) is 11.8 Å². The molecule has 16 heteroatoms. The number of Topliss-reactive ketones (excluding diaryl/α,β-unsaturated/α-hetero) is 1. The molecule has 4 amide bonds. The van der Waals surface area contributed by atoms with E-state index < -0.39 is 47.7 Å². The summed E-state index contributed by atoms with van der Waals surface area (Å²) < 4.78 is 17.0. The van der Waals surface area contributed by atoms with Gasteiger partial charge in [-0.05, 0) is 82.4 Å². The van der Waals surface area contributed by atoms with Gasteiger partial charge in [0.1, 0.15) is 29.9 Å². The number of rotatable bonds is 24. The van der Waals surface area contributed by atoms with Gasteiger partial charge in [0.15, 0.2) is 5.76 Å². The summed E-state index contributed by atoms with van der Waals surface area (Å²) in [6, 6.07) is 14.7. The number of nitrogens with zero attached hydrogens (tertiary/aromatic N) is 1. The largest absolute Gasteiger partial charge is 0.493 e. The highest BCUT2D eigenvalue weighted by Gasteiger charge is 2.35. The Balaban J connectivity index is 1.39. The van der Waals surface area contributed by atoms with Gasteiger partial charge >= 0.3 is 11.9 Å². The average molecular weight is 832 g/mol. The molecule has 60 heavy (non-hydrogen) atoms. The van der Waals surface area contributed by atoms with Crippen LogP contribution in [0.15, 0.2) is 65.1 Å². The molecular formula is C44H57N5O11. The fourth-order valence-electron chi connectivity index (χ4n) is 6.89. The third-order valence-corrected chi connectivity index (χ3v) is 10.1. The van der Waals surface area contributed by atoms with Gasteiger partial charge in [-0.1, -0.05) is 69.5 Å². The third-order valence-electron chi connectivity index (χ3n) is 10.1. The highest BCUT2D eigenvalue weighted by molar-refractivity contribution is 6.00. The van der Waals surface area contributed by atoms with Gasteiger partial charge in [-0.15, -0.1) is 0 Å². The number of benzene rings is 2. The van der Waals surface area contributed by atoms with E-state index in [1.165, 1.54) is 19.1 Å². The van der Waals surface area contributed by atoms with Crippen molar-refractivity contribution in [3.63, 3.8) is 0 Å². The van der Waals surface area contributed by atoms with Crippen molar-refractivity contribution in [2.24, 2.45) is 11.8 Å². The van der Waals surface area contributed by atoms with E-state index in [0.29, 0.717) is 57.2 Å². The van der Waals surface area contributed by atoms with Crippen molar-refractivity contribution < 1.29 is 52.3 Å². The lowest BCUT2D eigenvalue weighted by Crippen LogP contribution is -2.49. The maximum Gasteiger partial charge on any atom is 0.335 e. The van der Waals surface area contributed by atoms with Crippen LogP contribution in [0.4, 0.5) is 0 Å². The van der Waals surface area contributed by atoms with Crippen molar-refractivity contribution in [3.8, 4) is 17.1 Å². The molecule has 1 aliphatic rings. The Bertz CT molecular complexity index is 1910. The fraction of sp³-hybridized carbons (Fsp3) is 0.477. The number of ether oxygens (including phenoxy) is 2. The predicted octanol–water partition coefficient (Wildman–Crippen LogP) is 4.86. The van der Waals surface area contributed by atoms with Gasteiger partial charge in [-0.2, -0.15) is 5.06 Å². The number of ketones is 1. The topological polar surface area (TPSA) is 212 Å². The van der Waals surface area contributed by atoms with Gasteiger partial charge < -0.3 is 40.0 Å². The fourth-order valence-corrected chi connectivity index (χ4v) is 6.89. The zero-order valence-corrected chi connectivity index (χ0v) is 34.8. The van der Waals surface area contributed by atoms with Gasteiger partial charge in [-0.3, -0.25) is 24.0 Å². The van der Waals surface area contributed by atoms with Crippen LogP contribution in [0.3, 0.4) is 0 Å². The monoisotopic (exact) mass is 831 g/mol. The Morgan fingerprint density at radius 3 is 2.35 bits per heavy atom. The van der Waals surface area contributed by atoms with Crippen LogP contribution in [0.5, 0.6) is 5.75 Å². The van der Waals surface area contributed by atoms with Crippen LogP contribution in [0, 0.1) is 11.8 Å². The predicted molar refractivity (Wildman–Crippen MR) is 220 cm³/mol. The van der Waals surface area contributed by atoms with Crippen LogP contribution in [0.1, 0.15) is 106 Å². The molecule has 0 radical (unpaired) electrons. The molecule has 3 atom stereocenters. The smallest absolute Gasteiger partial charge is 0.335 e. The average Bonchev–Trinajstić information content (AvgIpc) is 3.76. The normalized spacial score (nSPS) is 14.1. The number of amides is 4. The first-order valence-corrected chi connectivity index (χ1v) is 20.6. The second kappa shape index (κ2) is 24.1. The second-order valence-electron chi connectivity index (χ2n) is 14.5. The first-order chi connectivity index (χ1) is 29.0. The van der Waals surface area contributed by atoms with Gasteiger partial charge in [0, 0.05) is 12.0 Å². The zero-order valence-electron chi connectivity index (χ0n) is 34.8. The van der Waals surface area contributed by atoms with E-state index in [1.807, 2.05) is 19.9 Å². The van der Waals surface area contributed by atoms with E-state index in [-0.39, 0.29) is 60.8 Å². The minimum absolute atomic E-state index is 0.0280. The minimum Gasteiger partial charge on any atom is -0.493 e. The summed E-state index contributed by atoms with van der Waals surface area (Å²) >= 11 is 0. The molecule has 0 spiro atoms. The molecule has 1 aromatic heterocycles. The van der Waals surface area contributed by atoms with E-state index in [0.717, 1.165) is 23.5 Å². The summed E-state index contributed by atoms with van der Waals surface area (Å²) in [6.45, 7) is 8.19. The van der Waals surface area contributed by atoms with E-state index in [2.05, 4.69) is 21.3 Å². The van der Waals surface area contributed by atoms with Crippen molar-refractivity contribution in [2.45, 2.75) is 97.8 Å². The van der Waals surface area contributed by atoms with Crippen LogP contribution in [0.2, 0.25) is 0 Å². The molecule has 16 nitrogen and oxygen atoms in total. The molecule has 0 aliphatic carbocycles. The molecule has 0 bridgehead atoms. The minimum atomic E-state index is -1.23. The van der Waals surface area contributed by atoms with Crippen LogP contribution in [0.25, 0.3) is 11.3 Å². The molecule has 0 saturated carbocycles. The Morgan fingerprint density at radius 1 is 0.933 bits per heavy atom. The summed E-state index contributed by atoms with van der Waals surface area (Å²) in [4.78, 5) is 95.7. The van der Waals surface area contributed by atoms with Crippen molar-refractivity contribution in [2.75, 3.05) is 26.4 Å². The molecule has 324 valence electrons. The summed E-state index contributed by atoms with van der Waals surface area (Å²) in [5.74, 6) is -3.90. The van der Waals surface area contributed by atoms with Crippen LogP contribution in [-0.2, 0) is 40.2 Å². The number of piperidine rings is 1. The number of hydroxylamine groups is 2. The molecule has 3 aromatic rings. The zero-order chi connectivity index (χ0) is 43.4. The van der Waals surface area contributed by atoms with E-state index in [9.17, 15) is 33.6 Å². The molecule has 2 aromatic carbocycles. The SMILES string of the molecule is CCCCC[C@@H](C(=O)NCNC(=O)c1ccc(-c2ccc(C(=O)N[C@@H](CC(C)=O)C(=O)OCc3ccccc3)c(OCC)c2)o1)[C@@H](CC)N(C=O)OC(=O)C1CCNCC1. The van der Waals surface area contributed by atoms with Crippen LogP contribution < -0.4 is 26.0 Å². The number of carbonyl (C=O) groups is 7. The number of nitrogens with one attached hydrogen (secondary N) is 4. The third kappa shape index (κ3) is 13.8. The molecule has 1 saturated heterocycles. The summed E-state index contributed by atoms with van der Waals surface area (Å²) in [6.07, 6.45) is 4.65. The first kappa shape index (κ1) is 46.7. The lowest BCUT2D eigenvalue weighted by Gasteiger charge is -2.33. The van der Waals surface area contributed by atoms with Gasteiger partial charge in [-0.25, -0.2) is 9.59 Å². The Kier molecular flexibility index (Phi) is 18.8. The number of hydrogen-bond acceptors (Lipinski definition) is 12. The molecular weight excluding hydrogens is 775 g/mol. The molecule has 0 unspecified atom stereocenters. The molecule has 4 rings (SSSR count). The van der Waals surface area contributed by atoms with Crippen molar-refractivity contribution >= 4 is 41.9 Å². The number of esters is 1. The van der Waals surface area contributed by atoms with Crippen LogP contribution in [-0.4, -0.2) is 85.4 Å². The van der Waals surface area contributed by atoms with Crippen molar-refractivity contribution in [1.29, 1.82) is 0 Å². The number of furan rings is 1. The maximum absolute atomic E-state index is 13.6. The molecule has 4 N–H and O–H groups in total. The Labute approximate surface area is 350 Å². The van der Waals surface area contributed by atoms with Crippen molar-refractivity contribution in [3.05, 3.63) is 77.6 Å². The van der Waals surface area contributed by atoms with Gasteiger partial charge in [0.2, 0.25) is 12.3 Å².